The van der Waals surface area contributed by atoms with E-state index < -0.39 is 0 Å². The van der Waals surface area contributed by atoms with Crippen LogP contribution in [0.15, 0.2) is 18.2 Å². The molecule has 0 radical (unpaired) electrons. The molecule has 2 unspecified atom stereocenters. The Hall–Kier alpha value is -1.55. The number of rotatable bonds is 3. The van der Waals surface area contributed by atoms with E-state index in [4.69, 9.17) is 0 Å². The highest BCUT2D eigenvalue weighted by Gasteiger charge is 2.25. The average Bonchev–Trinajstić information content (AvgIpc) is 2.75. The van der Waals surface area contributed by atoms with E-state index in [2.05, 4.69) is 5.32 Å². The summed E-state index contributed by atoms with van der Waals surface area (Å²) in [7, 11) is 0. The molecule has 0 bridgehead atoms. The lowest BCUT2D eigenvalue weighted by molar-refractivity contribution is 0.0914. The first kappa shape index (κ1) is 12.9. The molecule has 2 rings (SSSR count). The van der Waals surface area contributed by atoms with Crippen molar-refractivity contribution in [3.05, 3.63) is 29.3 Å². The molecule has 3 N–H and O–H groups in total. The molecule has 1 aliphatic carbocycles. The molecule has 1 fully saturated rings. The maximum absolute atomic E-state index is 11.9. The summed E-state index contributed by atoms with van der Waals surface area (Å²) in [4.78, 5) is 11.9. The lowest BCUT2D eigenvalue weighted by Crippen LogP contribution is -2.32. The van der Waals surface area contributed by atoms with Gasteiger partial charge in [0, 0.05) is 12.5 Å². The highest BCUT2D eigenvalue weighted by atomic mass is 16.3. The molecule has 1 aliphatic rings. The van der Waals surface area contributed by atoms with Crippen LogP contribution in [-0.4, -0.2) is 28.8 Å². The van der Waals surface area contributed by atoms with Gasteiger partial charge in [-0.05, 0) is 31.4 Å². The summed E-state index contributed by atoms with van der Waals surface area (Å²) < 4.78 is 0. The van der Waals surface area contributed by atoms with Crippen LogP contribution in [0, 0.1) is 12.8 Å². The number of para-hydroxylation sites is 1. The number of aromatic hydroxyl groups is 1. The number of aliphatic hydroxyl groups is 1. The second-order valence-electron chi connectivity index (χ2n) is 4.94. The minimum Gasteiger partial charge on any atom is -0.507 e. The van der Waals surface area contributed by atoms with Crippen molar-refractivity contribution >= 4 is 5.91 Å². The van der Waals surface area contributed by atoms with Crippen LogP contribution in [0.4, 0.5) is 0 Å². The molecule has 1 aromatic rings. The molecule has 1 amide bonds. The lowest BCUT2D eigenvalue weighted by Gasteiger charge is -2.15. The van der Waals surface area contributed by atoms with Crippen LogP contribution in [0.1, 0.15) is 35.2 Å². The molecule has 0 aromatic heterocycles. The highest BCUT2D eigenvalue weighted by molar-refractivity contribution is 5.97. The number of aliphatic hydroxyl groups excluding tert-OH is 1. The van der Waals surface area contributed by atoms with E-state index in [0.29, 0.717) is 17.7 Å². The molecular formula is C14H19NO3. The quantitative estimate of drug-likeness (QED) is 0.762. The number of amides is 1. The van der Waals surface area contributed by atoms with Crippen LogP contribution in [0.5, 0.6) is 5.75 Å². The summed E-state index contributed by atoms with van der Waals surface area (Å²) >= 11 is 0. The normalized spacial score (nSPS) is 23.0. The van der Waals surface area contributed by atoms with E-state index in [1.54, 1.807) is 25.1 Å². The first-order valence-corrected chi connectivity index (χ1v) is 6.34. The Morgan fingerprint density at radius 2 is 2.22 bits per heavy atom. The van der Waals surface area contributed by atoms with Gasteiger partial charge in [-0.15, -0.1) is 0 Å². The molecule has 0 aliphatic heterocycles. The van der Waals surface area contributed by atoms with Crippen molar-refractivity contribution in [2.45, 2.75) is 32.3 Å². The predicted molar refractivity (Wildman–Crippen MR) is 68.5 cm³/mol. The minimum absolute atomic E-state index is 0.0296. The largest absolute Gasteiger partial charge is 0.507 e. The number of carbonyl (C=O) groups excluding carboxylic acids is 1. The van der Waals surface area contributed by atoms with Crippen LogP contribution in [-0.2, 0) is 0 Å². The van der Waals surface area contributed by atoms with E-state index in [-0.39, 0.29) is 23.7 Å². The van der Waals surface area contributed by atoms with Gasteiger partial charge >= 0.3 is 0 Å². The van der Waals surface area contributed by atoms with Crippen molar-refractivity contribution < 1.29 is 15.0 Å². The maximum atomic E-state index is 11.9. The summed E-state index contributed by atoms with van der Waals surface area (Å²) in [6, 6.07) is 5.10. The number of phenols is 1. The SMILES string of the molecule is Cc1cccc(C(=O)NCC2CCCC2O)c1O. The molecule has 1 aromatic carbocycles. The van der Waals surface area contributed by atoms with Crippen LogP contribution >= 0.6 is 0 Å². The molecule has 18 heavy (non-hydrogen) atoms. The van der Waals surface area contributed by atoms with Gasteiger partial charge in [-0.1, -0.05) is 18.6 Å². The van der Waals surface area contributed by atoms with Crippen LogP contribution in [0.3, 0.4) is 0 Å². The van der Waals surface area contributed by atoms with Gasteiger partial charge in [-0.25, -0.2) is 0 Å². The fraction of sp³-hybridized carbons (Fsp3) is 0.500. The summed E-state index contributed by atoms with van der Waals surface area (Å²) in [6.07, 6.45) is 2.46. The zero-order valence-corrected chi connectivity index (χ0v) is 10.5. The Morgan fingerprint density at radius 3 is 2.89 bits per heavy atom. The van der Waals surface area contributed by atoms with Gasteiger partial charge < -0.3 is 15.5 Å². The van der Waals surface area contributed by atoms with Crippen molar-refractivity contribution in [1.82, 2.24) is 5.32 Å². The Balaban J connectivity index is 1.97. The van der Waals surface area contributed by atoms with Gasteiger partial charge in [0.1, 0.15) is 5.75 Å². The number of phenolic OH excluding ortho intramolecular Hbond substituents is 1. The zero-order valence-electron chi connectivity index (χ0n) is 10.5. The molecule has 4 heteroatoms. The summed E-state index contributed by atoms with van der Waals surface area (Å²) in [6.45, 7) is 2.22. The summed E-state index contributed by atoms with van der Waals surface area (Å²) in [5, 5.41) is 22.3. The van der Waals surface area contributed by atoms with Crippen molar-refractivity contribution in [3.63, 3.8) is 0 Å². The summed E-state index contributed by atoms with van der Waals surface area (Å²) in [5.74, 6) is -0.113. The van der Waals surface area contributed by atoms with Gasteiger partial charge in [0.25, 0.3) is 5.91 Å². The first-order valence-electron chi connectivity index (χ1n) is 6.34. The van der Waals surface area contributed by atoms with Crippen molar-refractivity contribution in [1.29, 1.82) is 0 Å². The number of hydrogen-bond donors (Lipinski definition) is 3. The molecule has 0 saturated heterocycles. The zero-order chi connectivity index (χ0) is 13.1. The van der Waals surface area contributed by atoms with Crippen molar-refractivity contribution in [2.24, 2.45) is 5.92 Å². The molecule has 0 spiro atoms. The second kappa shape index (κ2) is 5.40. The van der Waals surface area contributed by atoms with Crippen LogP contribution in [0.2, 0.25) is 0 Å². The Labute approximate surface area is 107 Å². The van der Waals surface area contributed by atoms with Crippen molar-refractivity contribution in [2.75, 3.05) is 6.54 Å². The Kier molecular flexibility index (Phi) is 3.87. The smallest absolute Gasteiger partial charge is 0.255 e. The molecular weight excluding hydrogens is 230 g/mol. The minimum atomic E-state index is -0.309. The van der Waals surface area contributed by atoms with E-state index in [0.717, 1.165) is 19.3 Å². The number of hydrogen-bond acceptors (Lipinski definition) is 3. The van der Waals surface area contributed by atoms with E-state index in [1.807, 2.05) is 0 Å². The molecule has 0 heterocycles. The molecule has 98 valence electrons. The fourth-order valence-corrected chi connectivity index (χ4v) is 2.42. The van der Waals surface area contributed by atoms with Gasteiger partial charge in [-0.2, -0.15) is 0 Å². The molecule has 4 nitrogen and oxygen atoms in total. The predicted octanol–water partition coefficient (Wildman–Crippen LogP) is 1.59. The molecule has 2 atom stereocenters. The van der Waals surface area contributed by atoms with Gasteiger partial charge in [0.15, 0.2) is 0 Å². The Morgan fingerprint density at radius 1 is 1.44 bits per heavy atom. The van der Waals surface area contributed by atoms with E-state index in [9.17, 15) is 15.0 Å². The number of aryl methyl sites for hydroxylation is 1. The highest BCUT2D eigenvalue weighted by Crippen LogP contribution is 2.25. The number of benzene rings is 1. The van der Waals surface area contributed by atoms with Gasteiger partial charge in [0.05, 0.1) is 11.7 Å². The van der Waals surface area contributed by atoms with Gasteiger partial charge in [0.2, 0.25) is 0 Å². The first-order chi connectivity index (χ1) is 8.59. The topological polar surface area (TPSA) is 69.6 Å². The fourth-order valence-electron chi connectivity index (χ4n) is 2.42. The standard InChI is InChI=1S/C14H19NO3/c1-9-4-2-6-11(13(9)17)14(18)15-8-10-5-3-7-12(10)16/h2,4,6,10,12,16-17H,3,5,7-8H2,1H3,(H,15,18). The van der Waals surface area contributed by atoms with E-state index in [1.165, 1.54) is 0 Å². The number of nitrogens with one attached hydrogen (secondary N) is 1. The monoisotopic (exact) mass is 249 g/mol. The van der Waals surface area contributed by atoms with Gasteiger partial charge in [-0.3, -0.25) is 4.79 Å². The van der Waals surface area contributed by atoms with Crippen molar-refractivity contribution in [3.8, 4) is 5.75 Å². The van der Waals surface area contributed by atoms with Crippen LogP contribution < -0.4 is 5.32 Å². The third-order valence-corrected chi connectivity index (χ3v) is 3.63. The van der Waals surface area contributed by atoms with Crippen LogP contribution in [0.25, 0.3) is 0 Å². The third kappa shape index (κ3) is 2.64. The maximum Gasteiger partial charge on any atom is 0.255 e. The molecule has 1 saturated carbocycles. The Bertz CT molecular complexity index is 445. The van der Waals surface area contributed by atoms with E-state index >= 15 is 0 Å². The lowest BCUT2D eigenvalue weighted by atomic mass is 10.1. The second-order valence-corrected chi connectivity index (χ2v) is 4.94. The summed E-state index contributed by atoms with van der Waals surface area (Å²) in [5.41, 5.74) is 0.978. The number of carbonyl (C=O) groups is 1. The average molecular weight is 249 g/mol. The third-order valence-electron chi connectivity index (χ3n) is 3.63.